The van der Waals surface area contributed by atoms with Crippen LogP contribution in [0.4, 0.5) is 18.0 Å². The van der Waals surface area contributed by atoms with Gasteiger partial charge in [0.05, 0.1) is 6.04 Å². The quantitative estimate of drug-likeness (QED) is 0.839. The summed E-state index contributed by atoms with van der Waals surface area (Å²) in [6.07, 6.45) is -1.89. The topological polar surface area (TPSA) is 44.8 Å². The second-order valence-electron chi connectivity index (χ2n) is 7.16. The van der Waals surface area contributed by atoms with Gasteiger partial charge in [0.2, 0.25) is 0 Å². The predicted molar refractivity (Wildman–Crippen MR) is 95.4 cm³/mol. The maximum atomic E-state index is 12.8. The Hall–Kier alpha value is -1.96. The SMILES string of the molecule is CCN1CCCN(C(=O)NC(c2cccc(OC(F)(F)F)c2)C2CC2)CC1. The molecule has 27 heavy (non-hydrogen) atoms. The van der Waals surface area contributed by atoms with E-state index >= 15 is 0 Å². The number of benzene rings is 1. The second-order valence-corrected chi connectivity index (χ2v) is 7.16. The number of nitrogens with one attached hydrogen (secondary N) is 1. The summed E-state index contributed by atoms with van der Waals surface area (Å²) >= 11 is 0. The molecule has 1 atom stereocenters. The van der Waals surface area contributed by atoms with Crippen molar-refractivity contribution in [3.8, 4) is 5.75 Å². The van der Waals surface area contributed by atoms with Gasteiger partial charge >= 0.3 is 12.4 Å². The van der Waals surface area contributed by atoms with Crippen molar-refractivity contribution >= 4 is 6.03 Å². The molecule has 1 unspecified atom stereocenters. The van der Waals surface area contributed by atoms with Crippen molar-refractivity contribution in [3.63, 3.8) is 0 Å². The third-order valence-corrected chi connectivity index (χ3v) is 5.15. The van der Waals surface area contributed by atoms with Crippen LogP contribution in [0.5, 0.6) is 5.75 Å². The summed E-state index contributed by atoms with van der Waals surface area (Å²) in [5.41, 5.74) is 0.651. The molecule has 1 saturated heterocycles. The van der Waals surface area contributed by atoms with Crippen molar-refractivity contribution in [2.75, 3.05) is 32.7 Å². The lowest BCUT2D eigenvalue weighted by Crippen LogP contribution is -2.44. The average molecular weight is 385 g/mol. The molecule has 0 aromatic heterocycles. The van der Waals surface area contributed by atoms with Gasteiger partial charge < -0.3 is 19.9 Å². The highest BCUT2D eigenvalue weighted by Crippen LogP contribution is 2.42. The van der Waals surface area contributed by atoms with Crippen molar-refractivity contribution in [2.45, 2.75) is 38.6 Å². The molecule has 5 nitrogen and oxygen atoms in total. The monoisotopic (exact) mass is 385 g/mol. The molecule has 2 fully saturated rings. The van der Waals surface area contributed by atoms with Gasteiger partial charge in [-0.25, -0.2) is 4.79 Å². The van der Waals surface area contributed by atoms with Crippen LogP contribution in [0.15, 0.2) is 24.3 Å². The Kier molecular flexibility index (Phi) is 6.14. The molecule has 3 rings (SSSR count). The van der Waals surface area contributed by atoms with Crippen LogP contribution in [0, 0.1) is 5.92 Å². The minimum Gasteiger partial charge on any atom is -0.406 e. The summed E-state index contributed by atoms with van der Waals surface area (Å²) in [6, 6.07) is 5.48. The third-order valence-electron chi connectivity index (χ3n) is 5.15. The maximum absolute atomic E-state index is 12.8. The first-order chi connectivity index (χ1) is 12.9. The molecule has 2 amide bonds. The van der Waals surface area contributed by atoms with Crippen LogP contribution >= 0.6 is 0 Å². The minimum absolute atomic E-state index is 0.146. The standard InChI is InChI=1S/C19H26F3N3O2/c1-2-24-9-4-10-25(12-11-24)18(26)23-17(14-7-8-14)15-5-3-6-16(13-15)27-19(20,21)22/h3,5-6,13-14,17H,2,4,7-12H2,1H3,(H,23,26). The number of carbonyl (C=O) groups excluding carboxylic acids is 1. The van der Waals surface area contributed by atoms with Crippen LogP contribution in [0.1, 0.15) is 37.8 Å². The van der Waals surface area contributed by atoms with Gasteiger partial charge in [-0.3, -0.25) is 0 Å². The van der Waals surface area contributed by atoms with Crippen molar-refractivity contribution in [1.82, 2.24) is 15.1 Å². The zero-order chi connectivity index (χ0) is 19.4. The van der Waals surface area contributed by atoms with Gasteiger partial charge in [0.25, 0.3) is 0 Å². The Labute approximate surface area is 157 Å². The van der Waals surface area contributed by atoms with Crippen molar-refractivity contribution in [3.05, 3.63) is 29.8 Å². The molecule has 0 spiro atoms. The lowest BCUT2D eigenvalue weighted by molar-refractivity contribution is -0.274. The molecule has 1 aromatic carbocycles. The fourth-order valence-electron chi connectivity index (χ4n) is 3.52. The molecule has 2 aliphatic rings. The largest absolute Gasteiger partial charge is 0.573 e. The zero-order valence-corrected chi connectivity index (χ0v) is 15.5. The molecular weight excluding hydrogens is 359 g/mol. The molecule has 0 radical (unpaired) electrons. The summed E-state index contributed by atoms with van der Waals surface area (Å²) in [5.74, 6) is 0.00228. The number of nitrogens with zero attached hydrogens (tertiary/aromatic N) is 2. The number of hydrogen-bond acceptors (Lipinski definition) is 3. The van der Waals surface area contributed by atoms with Crippen LogP contribution in [0.3, 0.4) is 0 Å². The number of amides is 2. The molecule has 0 bridgehead atoms. The van der Waals surface area contributed by atoms with Crippen molar-refractivity contribution in [1.29, 1.82) is 0 Å². The first-order valence-electron chi connectivity index (χ1n) is 9.49. The third kappa shape index (κ3) is 5.76. The molecular formula is C19H26F3N3O2. The first kappa shape index (κ1) is 19.8. The highest BCUT2D eigenvalue weighted by molar-refractivity contribution is 5.75. The number of rotatable bonds is 5. The minimum atomic E-state index is -4.73. The second kappa shape index (κ2) is 8.37. The van der Waals surface area contributed by atoms with E-state index in [2.05, 4.69) is 21.9 Å². The molecule has 150 valence electrons. The van der Waals surface area contributed by atoms with Gasteiger partial charge in [-0.2, -0.15) is 0 Å². The Morgan fingerprint density at radius 2 is 2.04 bits per heavy atom. The van der Waals surface area contributed by atoms with Crippen molar-refractivity contribution in [2.24, 2.45) is 5.92 Å². The lowest BCUT2D eigenvalue weighted by atomic mass is 10.0. The number of alkyl halides is 3. The summed E-state index contributed by atoms with van der Waals surface area (Å²) in [4.78, 5) is 16.9. The number of halogens is 3. The van der Waals surface area contributed by atoms with E-state index in [1.54, 1.807) is 11.0 Å². The highest BCUT2D eigenvalue weighted by atomic mass is 19.4. The smallest absolute Gasteiger partial charge is 0.406 e. The van der Waals surface area contributed by atoms with E-state index in [1.807, 2.05) is 0 Å². The van der Waals surface area contributed by atoms with Gasteiger partial charge in [-0.1, -0.05) is 19.1 Å². The van der Waals surface area contributed by atoms with Crippen LogP contribution in [0.2, 0.25) is 0 Å². The number of likely N-dealkylation sites (N-methyl/N-ethyl adjacent to an activating group) is 1. The van der Waals surface area contributed by atoms with E-state index in [9.17, 15) is 18.0 Å². The summed E-state index contributed by atoms with van der Waals surface area (Å²) in [7, 11) is 0. The first-order valence-corrected chi connectivity index (χ1v) is 9.49. The summed E-state index contributed by atoms with van der Waals surface area (Å²) in [5, 5.41) is 3.05. The number of urea groups is 1. The number of ether oxygens (including phenoxy) is 1. The van der Waals surface area contributed by atoms with Gasteiger partial charge in [0, 0.05) is 19.6 Å². The van der Waals surface area contributed by atoms with Gasteiger partial charge in [0.15, 0.2) is 0 Å². The maximum Gasteiger partial charge on any atom is 0.573 e. The zero-order valence-electron chi connectivity index (χ0n) is 15.5. The van der Waals surface area contributed by atoms with E-state index < -0.39 is 6.36 Å². The highest BCUT2D eigenvalue weighted by Gasteiger charge is 2.36. The van der Waals surface area contributed by atoms with Gasteiger partial charge in [-0.05, 0) is 56.0 Å². The molecule has 1 saturated carbocycles. The fourth-order valence-corrected chi connectivity index (χ4v) is 3.52. The Morgan fingerprint density at radius 1 is 1.26 bits per heavy atom. The number of hydrogen-bond donors (Lipinski definition) is 1. The predicted octanol–water partition coefficient (Wildman–Crippen LogP) is 3.77. The van der Waals surface area contributed by atoms with E-state index in [-0.39, 0.29) is 23.7 Å². The Balaban J connectivity index is 1.67. The van der Waals surface area contributed by atoms with Crippen LogP contribution < -0.4 is 10.1 Å². The van der Waals surface area contributed by atoms with E-state index in [1.165, 1.54) is 18.2 Å². The summed E-state index contributed by atoms with van der Waals surface area (Å²) < 4.78 is 41.5. The van der Waals surface area contributed by atoms with Crippen LogP contribution in [0.25, 0.3) is 0 Å². The Bertz CT molecular complexity index is 649. The van der Waals surface area contributed by atoms with E-state index in [0.717, 1.165) is 38.9 Å². The molecule has 1 N–H and O–H groups in total. The molecule has 1 aromatic rings. The van der Waals surface area contributed by atoms with Crippen LogP contribution in [-0.4, -0.2) is 54.9 Å². The number of carbonyl (C=O) groups is 1. The molecule has 8 heteroatoms. The van der Waals surface area contributed by atoms with Gasteiger partial charge in [0.1, 0.15) is 5.75 Å². The normalized spacial score (nSPS) is 20.1. The Morgan fingerprint density at radius 3 is 2.70 bits per heavy atom. The fraction of sp³-hybridized carbons (Fsp3) is 0.632. The molecule has 1 aliphatic heterocycles. The lowest BCUT2D eigenvalue weighted by Gasteiger charge is -2.26. The van der Waals surface area contributed by atoms with Crippen LogP contribution in [-0.2, 0) is 0 Å². The molecule has 1 aliphatic carbocycles. The van der Waals surface area contributed by atoms with E-state index in [4.69, 9.17) is 0 Å². The van der Waals surface area contributed by atoms with E-state index in [0.29, 0.717) is 18.7 Å². The van der Waals surface area contributed by atoms with Crippen molar-refractivity contribution < 1.29 is 22.7 Å². The molecule has 1 heterocycles. The van der Waals surface area contributed by atoms with Gasteiger partial charge in [-0.15, -0.1) is 13.2 Å². The summed E-state index contributed by atoms with van der Waals surface area (Å²) in [6.45, 7) is 6.24. The average Bonchev–Trinajstić information content (AvgIpc) is 3.44.